The number of hydrogen-bond acceptors (Lipinski definition) is 5. The molecule has 0 spiro atoms. The third-order valence-electron chi connectivity index (χ3n) is 3.69. The van der Waals surface area contributed by atoms with Crippen molar-refractivity contribution in [2.75, 3.05) is 18.1 Å². The maximum Gasteiger partial charge on any atom is 0.256 e. The second-order valence-corrected chi connectivity index (χ2v) is 7.55. The van der Waals surface area contributed by atoms with E-state index in [1.165, 1.54) is 6.20 Å². The highest BCUT2D eigenvalue weighted by molar-refractivity contribution is 7.91. The molecule has 116 valence electrons. The largest absolute Gasteiger partial charge is 0.464 e. The van der Waals surface area contributed by atoms with Crippen molar-refractivity contribution in [2.45, 2.75) is 13.0 Å². The summed E-state index contributed by atoms with van der Waals surface area (Å²) in [5.41, 5.74) is 0.440. The Morgan fingerprint density at radius 2 is 2.18 bits per heavy atom. The van der Waals surface area contributed by atoms with E-state index >= 15 is 0 Å². The Morgan fingerprint density at radius 3 is 2.82 bits per heavy atom. The van der Waals surface area contributed by atoms with Gasteiger partial charge in [-0.2, -0.15) is 0 Å². The van der Waals surface area contributed by atoms with Crippen molar-refractivity contribution in [3.05, 3.63) is 53.7 Å². The van der Waals surface area contributed by atoms with Gasteiger partial charge in [-0.05, 0) is 31.2 Å². The fraction of sp³-hybridized carbons (Fsp3) is 0.333. The Labute approximate surface area is 128 Å². The molecule has 3 rings (SSSR count). The number of pyridine rings is 1. The number of rotatable bonds is 2. The summed E-state index contributed by atoms with van der Waals surface area (Å²) in [7, 11) is -3.19. The number of hydrogen-bond donors (Lipinski definition) is 0. The monoisotopic (exact) mass is 320 g/mol. The summed E-state index contributed by atoms with van der Waals surface area (Å²) < 4.78 is 29.5. The summed E-state index contributed by atoms with van der Waals surface area (Å²) in [5.74, 6) is 0.799. The molecular weight excluding hydrogens is 304 g/mol. The van der Waals surface area contributed by atoms with Gasteiger partial charge in [0.05, 0.1) is 17.1 Å². The minimum absolute atomic E-state index is 0.0325. The molecule has 2 aromatic heterocycles. The number of nitrogens with zero attached hydrogens (tertiary/aromatic N) is 2. The number of carbonyl (C=O) groups excluding carboxylic acids is 1. The van der Waals surface area contributed by atoms with Crippen LogP contribution in [0.5, 0.6) is 0 Å². The molecule has 0 saturated carbocycles. The predicted molar refractivity (Wildman–Crippen MR) is 80.1 cm³/mol. The normalized spacial score (nSPS) is 20.8. The van der Waals surface area contributed by atoms with Crippen LogP contribution in [0.1, 0.15) is 27.9 Å². The maximum absolute atomic E-state index is 12.7. The Bertz CT molecular complexity index is 783. The Kier molecular flexibility index (Phi) is 3.74. The van der Waals surface area contributed by atoms with Crippen LogP contribution in [0.15, 0.2) is 41.1 Å². The van der Waals surface area contributed by atoms with Gasteiger partial charge in [0.15, 0.2) is 9.84 Å². The zero-order chi connectivity index (χ0) is 15.7. The highest BCUT2D eigenvalue weighted by Gasteiger charge is 2.37. The summed E-state index contributed by atoms with van der Waals surface area (Å²) in [6.45, 7) is 1.94. The molecule has 0 radical (unpaired) electrons. The first-order valence-corrected chi connectivity index (χ1v) is 8.76. The summed E-state index contributed by atoms with van der Waals surface area (Å²) in [4.78, 5) is 18.1. The van der Waals surface area contributed by atoms with Gasteiger partial charge in [0.1, 0.15) is 17.6 Å². The lowest BCUT2D eigenvalue weighted by atomic mass is 10.1. The molecule has 1 amide bonds. The molecule has 1 aliphatic rings. The Balaban J connectivity index is 1.96. The molecule has 1 saturated heterocycles. The van der Waals surface area contributed by atoms with E-state index in [1.54, 1.807) is 42.3 Å². The quantitative estimate of drug-likeness (QED) is 0.839. The molecule has 1 aliphatic heterocycles. The van der Waals surface area contributed by atoms with Crippen LogP contribution in [-0.2, 0) is 9.84 Å². The van der Waals surface area contributed by atoms with Crippen molar-refractivity contribution in [1.82, 2.24) is 9.88 Å². The van der Waals surface area contributed by atoms with Crippen LogP contribution in [0.2, 0.25) is 0 Å². The van der Waals surface area contributed by atoms with Gasteiger partial charge in [-0.3, -0.25) is 9.78 Å². The zero-order valence-electron chi connectivity index (χ0n) is 12.1. The van der Waals surface area contributed by atoms with Crippen LogP contribution in [0.4, 0.5) is 0 Å². The van der Waals surface area contributed by atoms with Crippen molar-refractivity contribution in [1.29, 1.82) is 0 Å². The van der Waals surface area contributed by atoms with Gasteiger partial charge in [0.25, 0.3) is 5.91 Å². The molecule has 3 heterocycles. The second kappa shape index (κ2) is 5.57. The first-order chi connectivity index (χ1) is 10.5. The molecule has 0 unspecified atom stereocenters. The van der Waals surface area contributed by atoms with E-state index in [0.717, 1.165) is 0 Å². The lowest BCUT2D eigenvalue weighted by Gasteiger charge is -2.34. The van der Waals surface area contributed by atoms with E-state index in [1.807, 2.05) is 0 Å². The van der Waals surface area contributed by atoms with Crippen LogP contribution in [0.3, 0.4) is 0 Å². The van der Waals surface area contributed by atoms with E-state index in [2.05, 4.69) is 4.98 Å². The van der Waals surface area contributed by atoms with E-state index in [9.17, 15) is 13.2 Å². The molecule has 2 aromatic rings. The second-order valence-electron chi connectivity index (χ2n) is 5.32. The number of aromatic nitrogens is 1. The van der Waals surface area contributed by atoms with Crippen LogP contribution >= 0.6 is 0 Å². The summed E-state index contributed by atoms with van der Waals surface area (Å²) in [5, 5.41) is 0. The zero-order valence-corrected chi connectivity index (χ0v) is 12.9. The first kappa shape index (κ1) is 14.8. The van der Waals surface area contributed by atoms with Crippen LogP contribution in [0, 0.1) is 6.92 Å². The van der Waals surface area contributed by atoms with E-state index in [0.29, 0.717) is 17.1 Å². The minimum Gasteiger partial charge on any atom is -0.464 e. The third kappa shape index (κ3) is 2.89. The number of sulfone groups is 1. The molecule has 6 nitrogen and oxygen atoms in total. The number of carbonyl (C=O) groups is 1. The average molecular weight is 320 g/mol. The van der Waals surface area contributed by atoms with Crippen molar-refractivity contribution in [3.8, 4) is 0 Å². The van der Waals surface area contributed by atoms with Gasteiger partial charge in [-0.25, -0.2) is 8.42 Å². The summed E-state index contributed by atoms with van der Waals surface area (Å²) in [6.07, 6.45) is 3.07. The standard InChI is InChI=1S/C15H16N2O4S/c1-11-4-5-14(21-11)13-10-22(19,20)8-7-17(13)15(18)12-3-2-6-16-9-12/h2-6,9,13H,7-8,10H2,1H3/t13-/m1/s1. The fourth-order valence-corrected chi connectivity index (χ4v) is 4.04. The van der Waals surface area contributed by atoms with Crippen LogP contribution < -0.4 is 0 Å². The molecule has 0 bridgehead atoms. The maximum atomic E-state index is 12.7. The minimum atomic E-state index is -3.19. The third-order valence-corrected chi connectivity index (χ3v) is 5.32. The topological polar surface area (TPSA) is 80.5 Å². The first-order valence-electron chi connectivity index (χ1n) is 6.94. The molecule has 1 fully saturated rings. The fourth-order valence-electron chi connectivity index (χ4n) is 2.57. The van der Waals surface area contributed by atoms with E-state index < -0.39 is 15.9 Å². The molecule has 1 atom stereocenters. The van der Waals surface area contributed by atoms with Crippen molar-refractivity contribution in [2.24, 2.45) is 0 Å². The average Bonchev–Trinajstić information content (AvgIpc) is 2.93. The van der Waals surface area contributed by atoms with Gasteiger partial charge in [0.2, 0.25) is 0 Å². The van der Waals surface area contributed by atoms with E-state index in [4.69, 9.17) is 4.42 Å². The predicted octanol–water partition coefficient (Wildman–Crippen LogP) is 1.59. The Morgan fingerprint density at radius 1 is 1.36 bits per heavy atom. The highest BCUT2D eigenvalue weighted by Crippen LogP contribution is 2.29. The number of furan rings is 1. The van der Waals surface area contributed by atoms with Crippen LogP contribution in [0.25, 0.3) is 0 Å². The smallest absolute Gasteiger partial charge is 0.256 e. The van der Waals surface area contributed by atoms with Gasteiger partial charge >= 0.3 is 0 Å². The summed E-state index contributed by atoms with van der Waals surface area (Å²) in [6, 6.07) is 6.25. The van der Waals surface area contributed by atoms with Gasteiger partial charge in [-0.15, -0.1) is 0 Å². The molecule has 22 heavy (non-hydrogen) atoms. The highest BCUT2D eigenvalue weighted by atomic mass is 32.2. The molecule has 0 aliphatic carbocycles. The van der Waals surface area contributed by atoms with Crippen LogP contribution in [-0.4, -0.2) is 42.3 Å². The molecule has 0 N–H and O–H groups in total. The number of aryl methyl sites for hydroxylation is 1. The molecule has 7 heteroatoms. The summed E-state index contributed by atoms with van der Waals surface area (Å²) >= 11 is 0. The van der Waals surface area contributed by atoms with Crippen molar-refractivity contribution < 1.29 is 17.6 Å². The SMILES string of the molecule is Cc1ccc([C@H]2CS(=O)(=O)CCN2C(=O)c2cccnc2)o1. The Hall–Kier alpha value is -2.15. The lowest BCUT2D eigenvalue weighted by molar-refractivity contribution is 0.0676. The van der Waals surface area contributed by atoms with Crippen molar-refractivity contribution >= 4 is 15.7 Å². The van der Waals surface area contributed by atoms with E-state index in [-0.39, 0.29) is 24.0 Å². The molecular formula is C15H16N2O4S. The van der Waals surface area contributed by atoms with Gasteiger partial charge in [-0.1, -0.05) is 0 Å². The van der Waals surface area contributed by atoms with Crippen molar-refractivity contribution in [3.63, 3.8) is 0 Å². The molecule has 0 aromatic carbocycles. The number of amides is 1. The van der Waals surface area contributed by atoms with Gasteiger partial charge < -0.3 is 9.32 Å². The van der Waals surface area contributed by atoms with Gasteiger partial charge in [0, 0.05) is 18.9 Å². The lowest BCUT2D eigenvalue weighted by Crippen LogP contribution is -2.46.